The van der Waals surface area contributed by atoms with Crippen LogP contribution in [0.2, 0.25) is 0 Å². The van der Waals surface area contributed by atoms with Crippen molar-refractivity contribution in [1.29, 1.82) is 0 Å². The summed E-state index contributed by atoms with van der Waals surface area (Å²) in [6, 6.07) is 20.5. The standard InChI is InChI=1S/C27H24BrFN2O2/c1-2-33-19-10-7-16(8-11-19)18-14-24-26(25(32)15-18)27(17-9-12-21(29)20(28)13-17)31-23-6-4-3-5-22(23)30-24/h3-13,18,27,30-31H,2,14-15H2,1H3. The predicted molar refractivity (Wildman–Crippen MR) is 132 cm³/mol. The number of para-hydroxylation sites is 2. The third kappa shape index (κ3) is 4.27. The zero-order chi connectivity index (χ0) is 22.9. The summed E-state index contributed by atoms with van der Waals surface area (Å²) in [5.74, 6) is 0.667. The van der Waals surface area contributed by atoms with E-state index in [-0.39, 0.29) is 23.6 Å². The second-order valence-electron chi connectivity index (χ2n) is 8.34. The first-order chi connectivity index (χ1) is 16.0. The normalized spacial score (nSPS) is 19.7. The fraction of sp³-hybridized carbons (Fsp3) is 0.222. The number of rotatable bonds is 4. The summed E-state index contributed by atoms with van der Waals surface area (Å²) >= 11 is 3.29. The summed E-state index contributed by atoms with van der Waals surface area (Å²) in [5, 5.41) is 7.06. The van der Waals surface area contributed by atoms with Crippen LogP contribution in [0, 0.1) is 5.82 Å². The Balaban J connectivity index is 1.55. The molecule has 5 rings (SSSR count). The quantitative estimate of drug-likeness (QED) is 0.401. The summed E-state index contributed by atoms with van der Waals surface area (Å²) < 4.78 is 19.9. The highest BCUT2D eigenvalue weighted by atomic mass is 79.9. The molecule has 1 heterocycles. The number of halogens is 2. The highest BCUT2D eigenvalue weighted by Gasteiger charge is 2.36. The van der Waals surface area contributed by atoms with Crippen molar-refractivity contribution in [2.75, 3.05) is 17.2 Å². The third-order valence-electron chi connectivity index (χ3n) is 6.25. The molecule has 2 aliphatic rings. The number of allylic oxidation sites excluding steroid dienone is 1. The second kappa shape index (κ2) is 9.02. The van der Waals surface area contributed by atoms with Gasteiger partial charge >= 0.3 is 0 Å². The van der Waals surface area contributed by atoms with E-state index in [2.05, 4.69) is 26.6 Å². The van der Waals surface area contributed by atoms with Crippen LogP contribution >= 0.6 is 15.9 Å². The van der Waals surface area contributed by atoms with Crippen LogP contribution in [0.15, 0.2) is 82.5 Å². The van der Waals surface area contributed by atoms with E-state index in [1.165, 1.54) is 6.07 Å². The minimum atomic E-state index is -0.373. The van der Waals surface area contributed by atoms with E-state index in [4.69, 9.17) is 4.74 Å². The Morgan fingerprint density at radius 1 is 1.00 bits per heavy atom. The Bertz CT molecular complexity index is 1240. The van der Waals surface area contributed by atoms with E-state index in [0.717, 1.165) is 33.9 Å². The van der Waals surface area contributed by atoms with Crippen LogP contribution in [0.25, 0.3) is 0 Å². The van der Waals surface area contributed by atoms with Crippen molar-refractivity contribution in [3.8, 4) is 5.75 Å². The van der Waals surface area contributed by atoms with Gasteiger partial charge in [-0.05, 0) is 82.7 Å². The van der Waals surface area contributed by atoms with Crippen LogP contribution in [-0.4, -0.2) is 12.4 Å². The van der Waals surface area contributed by atoms with E-state index < -0.39 is 0 Å². The molecule has 168 valence electrons. The van der Waals surface area contributed by atoms with Crippen molar-refractivity contribution < 1.29 is 13.9 Å². The lowest BCUT2D eigenvalue weighted by atomic mass is 9.78. The van der Waals surface area contributed by atoms with Crippen molar-refractivity contribution in [1.82, 2.24) is 0 Å². The van der Waals surface area contributed by atoms with E-state index >= 15 is 0 Å². The summed E-state index contributed by atoms with van der Waals surface area (Å²) in [6.45, 7) is 2.58. The van der Waals surface area contributed by atoms with Gasteiger partial charge in [0.1, 0.15) is 11.6 Å². The fourth-order valence-electron chi connectivity index (χ4n) is 4.67. The number of ether oxygens (including phenoxy) is 1. The maximum atomic E-state index is 13.9. The van der Waals surface area contributed by atoms with Gasteiger partial charge in [0.2, 0.25) is 0 Å². The average molecular weight is 507 g/mol. The zero-order valence-electron chi connectivity index (χ0n) is 18.2. The first-order valence-electron chi connectivity index (χ1n) is 11.1. The van der Waals surface area contributed by atoms with Crippen LogP contribution in [0.1, 0.15) is 42.9 Å². The molecule has 2 unspecified atom stereocenters. The lowest BCUT2D eigenvalue weighted by Crippen LogP contribution is -2.26. The minimum Gasteiger partial charge on any atom is -0.494 e. The average Bonchev–Trinajstić information content (AvgIpc) is 2.98. The third-order valence-corrected chi connectivity index (χ3v) is 6.86. The summed E-state index contributed by atoms with van der Waals surface area (Å²) in [7, 11) is 0. The topological polar surface area (TPSA) is 50.4 Å². The van der Waals surface area contributed by atoms with E-state index in [9.17, 15) is 9.18 Å². The molecule has 0 saturated heterocycles. The number of carbonyl (C=O) groups is 1. The highest BCUT2D eigenvalue weighted by Crippen LogP contribution is 2.44. The summed E-state index contributed by atoms with van der Waals surface area (Å²) in [5.41, 5.74) is 5.41. The number of anilines is 2. The molecule has 2 atom stereocenters. The predicted octanol–water partition coefficient (Wildman–Crippen LogP) is 6.97. The molecule has 0 amide bonds. The van der Waals surface area contributed by atoms with Crippen molar-refractivity contribution in [3.63, 3.8) is 0 Å². The van der Waals surface area contributed by atoms with Gasteiger partial charge in [0.25, 0.3) is 0 Å². The van der Waals surface area contributed by atoms with E-state index in [0.29, 0.717) is 29.5 Å². The van der Waals surface area contributed by atoms with Gasteiger partial charge in [0.05, 0.1) is 28.5 Å². The molecular formula is C27H24BrFN2O2. The monoisotopic (exact) mass is 506 g/mol. The first-order valence-corrected chi connectivity index (χ1v) is 11.9. The molecule has 4 nitrogen and oxygen atoms in total. The molecule has 0 bridgehead atoms. The molecule has 1 aliphatic carbocycles. The molecule has 0 aromatic heterocycles. The summed E-state index contributed by atoms with van der Waals surface area (Å²) in [6.07, 6.45) is 1.13. The number of hydrogen-bond donors (Lipinski definition) is 2. The molecule has 0 spiro atoms. The number of ketones is 1. The minimum absolute atomic E-state index is 0.0743. The molecule has 2 N–H and O–H groups in total. The van der Waals surface area contributed by atoms with Crippen LogP contribution in [-0.2, 0) is 4.79 Å². The van der Waals surface area contributed by atoms with E-state index in [1.807, 2.05) is 55.5 Å². The molecule has 1 aliphatic heterocycles. The molecule has 33 heavy (non-hydrogen) atoms. The molecule has 0 fully saturated rings. The van der Waals surface area contributed by atoms with Gasteiger partial charge in [-0.2, -0.15) is 0 Å². The molecule has 3 aromatic carbocycles. The molecule has 0 saturated carbocycles. The molecule has 6 heteroatoms. The second-order valence-corrected chi connectivity index (χ2v) is 9.20. The van der Waals surface area contributed by atoms with Gasteiger partial charge in [-0.3, -0.25) is 4.79 Å². The maximum Gasteiger partial charge on any atom is 0.163 e. The highest BCUT2D eigenvalue weighted by molar-refractivity contribution is 9.10. The molecule has 3 aromatic rings. The number of fused-ring (bicyclic) bond motifs is 1. The zero-order valence-corrected chi connectivity index (χ0v) is 19.8. The largest absolute Gasteiger partial charge is 0.494 e. The lowest BCUT2D eigenvalue weighted by Gasteiger charge is -2.30. The lowest BCUT2D eigenvalue weighted by molar-refractivity contribution is -0.116. The molecule has 0 radical (unpaired) electrons. The Morgan fingerprint density at radius 2 is 1.73 bits per heavy atom. The van der Waals surface area contributed by atoms with Gasteiger partial charge in [-0.15, -0.1) is 0 Å². The van der Waals surface area contributed by atoms with Crippen molar-refractivity contribution in [2.45, 2.75) is 31.7 Å². The fourth-order valence-corrected chi connectivity index (χ4v) is 5.07. The van der Waals surface area contributed by atoms with Gasteiger partial charge < -0.3 is 15.4 Å². The Kier molecular flexibility index (Phi) is 5.94. The summed E-state index contributed by atoms with van der Waals surface area (Å²) in [4.78, 5) is 13.6. The number of hydrogen-bond acceptors (Lipinski definition) is 4. The van der Waals surface area contributed by atoms with Crippen LogP contribution < -0.4 is 15.4 Å². The first kappa shape index (κ1) is 21.7. The van der Waals surface area contributed by atoms with Crippen LogP contribution in [0.3, 0.4) is 0 Å². The van der Waals surface area contributed by atoms with Crippen molar-refractivity contribution in [3.05, 3.63) is 99.4 Å². The van der Waals surface area contributed by atoms with Gasteiger partial charge in [0, 0.05) is 17.7 Å². The Morgan fingerprint density at radius 3 is 2.45 bits per heavy atom. The Labute approximate surface area is 201 Å². The number of Topliss-reactive ketones (excluding diaryl/α,β-unsaturated/α-hetero) is 1. The SMILES string of the molecule is CCOc1ccc(C2CC(=O)C3=C(C2)Nc2ccccc2NC3c2ccc(F)c(Br)c2)cc1. The number of carbonyl (C=O) groups excluding carboxylic acids is 1. The smallest absolute Gasteiger partial charge is 0.163 e. The van der Waals surface area contributed by atoms with Crippen LogP contribution in [0.4, 0.5) is 15.8 Å². The van der Waals surface area contributed by atoms with Gasteiger partial charge in [-0.25, -0.2) is 4.39 Å². The van der Waals surface area contributed by atoms with Gasteiger partial charge in [-0.1, -0.05) is 30.3 Å². The number of nitrogens with one attached hydrogen (secondary N) is 2. The molecular weight excluding hydrogens is 483 g/mol. The van der Waals surface area contributed by atoms with Crippen molar-refractivity contribution in [2.24, 2.45) is 0 Å². The van der Waals surface area contributed by atoms with E-state index in [1.54, 1.807) is 12.1 Å². The number of benzene rings is 3. The maximum absolute atomic E-state index is 13.9. The van der Waals surface area contributed by atoms with Gasteiger partial charge in [0.15, 0.2) is 5.78 Å². The van der Waals surface area contributed by atoms with Crippen LogP contribution in [0.5, 0.6) is 5.75 Å². The van der Waals surface area contributed by atoms with Crippen molar-refractivity contribution >= 4 is 33.1 Å². The Hall–Kier alpha value is -3.12.